The first-order valence-corrected chi connectivity index (χ1v) is 8.13. The molecule has 2 amide bonds. The Hall–Kier alpha value is -2.89. The molecule has 1 atom stereocenters. The van der Waals surface area contributed by atoms with Gasteiger partial charge in [-0.15, -0.1) is 0 Å². The van der Waals surface area contributed by atoms with Crippen molar-refractivity contribution in [3.8, 4) is 5.75 Å². The summed E-state index contributed by atoms with van der Waals surface area (Å²) in [6, 6.07) is 11.6. The number of halogens is 1. The summed E-state index contributed by atoms with van der Waals surface area (Å²) in [5.74, 6) is 0.0125. The minimum Gasteiger partial charge on any atom is -0.479 e. The molecular formula is C19H19FN2O3. The molecule has 2 aromatic rings. The number of ether oxygens (including phenoxy) is 1. The second-order valence-electron chi connectivity index (χ2n) is 5.99. The van der Waals surface area contributed by atoms with E-state index in [0.717, 1.165) is 11.1 Å². The number of hydrogen-bond donors (Lipinski definition) is 2. The average molecular weight is 342 g/mol. The van der Waals surface area contributed by atoms with Crippen molar-refractivity contribution >= 4 is 17.5 Å². The normalized spacial score (nSPS) is 15.8. The molecule has 0 aliphatic carbocycles. The van der Waals surface area contributed by atoms with Gasteiger partial charge in [-0.3, -0.25) is 9.59 Å². The molecule has 25 heavy (non-hydrogen) atoms. The Morgan fingerprint density at radius 1 is 1.24 bits per heavy atom. The Morgan fingerprint density at radius 3 is 2.88 bits per heavy atom. The van der Waals surface area contributed by atoms with Crippen molar-refractivity contribution in [1.82, 2.24) is 5.32 Å². The zero-order valence-electron chi connectivity index (χ0n) is 13.8. The van der Waals surface area contributed by atoms with E-state index in [1.54, 1.807) is 31.2 Å². The van der Waals surface area contributed by atoms with Crippen molar-refractivity contribution in [2.45, 2.75) is 32.4 Å². The quantitative estimate of drug-likeness (QED) is 0.878. The first-order chi connectivity index (χ1) is 12.0. The molecule has 0 fully saturated rings. The van der Waals surface area contributed by atoms with E-state index in [0.29, 0.717) is 24.4 Å². The molecule has 1 heterocycles. The molecule has 0 aromatic heterocycles. The van der Waals surface area contributed by atoms with Crippen LogP contribution in [0.1, 0.15) is 24.5 Å². The molecule has 1 aliphatic heterocycles. The number of fused-ring (bicyclic) bond motifs is 1. The smallest absolute Gasteiger partial charge is 0.265 e. The number of benzene rings is 2. The first-order valence-electron chi connectivity index (χ1n) is 8.13. The van der Waals surface area contributed by atoms with Crippen molar-refractivity contribution in [1.29, 1.82) is 0 Å². The number of rotatable bonds is 5. The Bertz CT molecular complexity index is 807. The van der Waals surface area contributed by atoms with Crippen molar-refractivity contribution in [3.05, 3.63) is 59.4 Å². The maximum absolute atomic E-state index is 13.1. The topological polar surface area (TPSA) is 67.4 Å². The minimum atomic E-state index is -0.513. The molecule has 0 saturated heterocycles. The van der Waals surface area contributed by atoms with E-state index < -0.39 is 6.10 Å². The zero-order chi connectivity index (χ0) is 17.8. The summed E-state index contributed by atoms with van der Waals surface area (Å²) in [7, 11) is 0. The molecule has 3 rings (SSSR count). The number of anilines is 1. The van der Waals surface area contributed by atoms with E-state index in [4.69, 9.17) is 4.74 Å². The van der Waals surface area contributed by atoms with E-state index in [9.17, 15) is 14.0 Å². The fraction of sp³-hybridized carbons (Fsp3) is 0.263. The number of hydrogen-bond acceptors (Lipinski definition) is 3. The third-order valence-electron chi connectivity index (χ3n) is 3.99. The summed E-state index contributed by atoms with van der Waals surface area (Å²) < 4.78 is 18.6. The Balaban J connectivity index is 1.52. The number of aryl methyl sites for hydroxylation is 1. The predicted octanol–water partition coefficient (Wildman–Crippen LogP) is 2.79. The van der Waals surface area contributed by atoms with Crippen molar-refractivity contribution in [2.24, 2.45) is 0 Å². The molecule has 0 bridgehead atoms. The molecule has 0 radical (unpaired) electrons. The summed E-state index contributed by atoms with van der Waals surface area (Å²) in [6.45, 7) is 2.03. The number of amides is 2. The fourth-order valence-corrected chi connectivity index (χ4v) is 2.61. The lowest BCUT2D eigenvalue weighted by Crippen LogP contribution is -2.34. The van der Waals surface area contributed by atoms with Crippen LogP contribution >= 0.6 is 0 Å². The molecule has 5 nitrogen and oxygen atoms in total. The molecule has 130 valence electrons. The third kappa shape index (κ3) is 4.35. The SMILES string of the molecule is CC1Oc2ccc(CNC(=O)CCc3cccc(F)c3)cc2NC1=O. The monoisotopic (exact) mass is 342 g/mol. The van der Waals surface area contributed by atoms with Crippen molar-refractivity contribution in [3.63, 3.8) is 0 Å². The van der Waals surface area contributed by atoms with Crippen LogP contribution in [0.25, 0.3) is 0 Å². The van der Waals surface area contributed by atoms with Gasteiger partial charge in [0, 0.05) is 13.0 Å². The summed E-state index contributed by atoms with van der Waals surface area (Å²) in [4.78, 5) is 23.6. The van der Waals surface area contributed by atoms with Crippen LogP contribution in [0.5, 0.6) is 5.75 Å². The largest absolute Gasteiger partial charge is 0.479 e. The van der Waals surface area contributed by atoms with E-state index in [-0.39, 0.29) is 24.1 Å². The summed E-state index contributed by atoms with van der Waals surface area (Å²) in [5, 5.41) is 5.60. The van der Waals surface area contributed by atoms with Gasteiger partial charge in [-0.05, 0) is 48.7 Å². The van der Waals surface area contributed by atoms with Crippen LogP contribution in [0.2, 0.25) is 0 Å². The maximum atomic E-state index is 13.1. The molecule has 1 aliphatic rings. The summed E-state index contributed by atoms with van der Waals surface area (Å²) in [6.07, 6.45) is 0.252. The Labute approximate surface area is 145 Å². The highest BCUT2D eigenvalue weighted by Gasteiger charge is 2.23. The molecule has 0 saturated carbocycles. The van der Waals surface area contributed by atoms with Gasteiger partial charge in [0.05, 0.1) is 5.69 Å². The van der Waals surface area contributed by atoms with Gasteiger partial charge in [0.1, 0.15) is 11.6 Å². The van der Waals surface area contributed by atoms with Gasteiger partial charge >= 0.3 is 0 Å². The van der Waals surface area contributed by atoms with Gasteiger partial charge < -0.3 is 15.4 Å². The molecular weight excluding hydrogens is 323 g/mol. The van der Waals surface area contributed by atoms with Crippen LogP contribution in [0, 0.1) is 5.82 Å². The van der Waals surface area contributed by atoms with Crippen molar-refractivity contribution < 1.29 is 18.7 Å². The molecule has 0 spiro atoms. The second kappa shape index (κ2) is 7.34. The second-order valence-corrected chi connectivity index (χ2v) is 5.99. The van der Waals surface area contributed by atoms with Crippen LogP contribution < -0.4 is 15.4 Å². The maximum Gasteiger partial charge on any atom is 0.265 e. The molecule has 2 aromatic carbocycles. The lowest BCUT2D eigenvalue weighted by molar-refractivity contribution is -0.123. The van der Waals surface area contributed by atoms with Gasteiger partial charge in [0.15, 0.2) is 6.10 Å². The van der Waals surface area contributed by atoms with Crippen LogP contribution in [-0.2, 0) is 22.6 Å². The fourth-order valence-electron chi connectivity index (χ4n) is 2.61. The lowest BCUT2D eigenvalue weighted by Gasteiger charge is -2.23. The molecule has 1 unspecified atom stereocenters. The Morgan fingerprint density at radius 2 is 2.08 bits per heavy atom. The van der Waals surface area contributed by atoms with E-state index in [1.165, 1.54) is 12.1 Å². The van der Waals surface area contributed by atoms with Crippen LogP contribution in [0.4, 0.5) is 10.1 Å². The average Bonchev–Trinajstić information content (AvgIpc) is 2.59. The lowest BCUT2D eigenvalue weighted by atomic mass is 10.1. The van der Waals surface area contributed by atoms with E-state index in [2.05, 4.69) is 10.6 Å². The third-order valence-corrected chi connectivity index (χ3v) is 3.99. The highest BCUT2D eigenvalue weighted by molar-refractivity contribution is 5.97. The van der Waals surface area contributed by atoms with E-state index >= 15 is 0 Å². The van der Waals surface area contributed by atoms with Crippen LogP contribution in [-0.4, -0.2) is 17.9 Å². The standard InChI is InChI=1S/C19H19FN2O3/c1-12-19(24)22-16-10-14(5-7-17(16)25-12)11-21-18(23)8-6-13-3-2-4-15(20)9-13/h2-5,7,9-10,12H,6,8,11H2,1H3,(H,21,23)(H,22,24). The van der Waals surface area contributed by atoms with Gasteiger partial charge in [0.25, 0.3) is 5.91 Å². The van der Waals surface area contributed by atoms with Gasteiger partial charge in [-0.25, -0.2) is 4.39 Å². The van der Waals surface area contributed by atoms with Crippen LogP contribution in [0.3, 0.4) is 0 Å². The predicted molar refractivity (Wildman–Crippen MR) is 91.7 cm³/mol. The van der Waals surface area contributed by atoms with Gasteiger partial charge in [-0.2, -0.15) is 0 Å². The van der Waals surface area contributed by atoms with Crippen LogP contribution in [0.15, 0.2) is 42.5 Å². The highest BCUT2D eigenvalue weighted by Crippen LogP contribution is 2.30. The Kier molecular flexibility index (Phi) is 4.97. The minimum absolute atomic E-state index is 0.115. The van der Waals surface area contributed by atoms with Gasteiger partial charge in [0.2, 0.25) is 5.91 Å². The number of carbonyl (C=O) groups excluding carboxylic acids is 2. The molecule has 2 N–H and O–H groups in total. The number of carbonyl (C=O) groups is 2. The summed E-state index contributed by atoms with van der Waals surface area (Å²) >= 11 is 0. The zero-order valence-corrected chi connectivity index (χ0v) is 13.8. The highest BCUT2D eigenvalue weighted by atomic mass is 19.1. The molecule has 6 heteroatoms. The van der Waals surface area contributed by atoms with Crippen molar-refractivity contribution in [2.75, 3.05) is 5.32 Å². The first kappa shape index (κ1) is 17.0. The summed E-state index contributed by atoms with van der Waals surface area (Å²) in [5.41, 5.74) is 2.25. The van der Waals surface area contributed by atoms with Gasteiger partial charge in [-0.1, -0.05) is 18.2 Å². The van der Waals surface area contributed by atoms with E-state index in [1.807, 2.05) is 6.07 Å². The number of nitrogens with one attached hydrogen (secondary N) is 2.